The van der Waals surface area contributed by atoms with Crippen LogP contribution in [0.25, 0.3) is 0 Å². The lowest BCUT2D eigenvalue weighted by atomic mass is 10.1. The van der Waals surface area contributed by atoms with Crippen LogP contribution in [-0.2, 0) is 12.8 Å². The van der Waals surface area contributed by atoms with Gasteiger partial charge in [0.05, 0.1) is 13.2 Å². The highest BCUT2D eigenvalue weighted by molar-refractivity contribution is 5.43. The summed E-state index contributed by atoms with van der Waals surface area (Å²) >= 11 is 0. The molecule has 2 N–H and O–H groups in total. The highest BCUT2D eigenvalue weighted by Gasteiger charge is 2.10. The molecule has 1 aliphatic carbocycles. The zero-order chi connectivity index (χ0) is 14.5. The van der Waals surface area contributed by atoms with Crippen LogP contribution < -0.4 is 15.2 Å². The van der Waals surface area contributed by atoms with E-state index in [1.807, 2.05) is 24.3 Å². The third kappa shape index (κ3) is 3.69. The fourth-order valence-electron chi connectivity index (χ4n) is 2.68. The molecule has 0 saturated heterocycles. The summed E-state index contributed by atoms with van der Waals surface area (Å²) in [5.74, 6) is 1.78. The number of rotatable bonds is 6. The van der Waals surface area contributed by atoms with Crippen molar-refractivity contribution in [3.05, 3.63) is 53.6 Å². The molecule has 0 unspecified atom stereocenters. The van der Waals surface area contributed by atoms with Gasteiger partial charge in [0, 0.05) is 18.2 Å². The molecule has 3 rings (SSSR count). The Morgan fingerprint density at radius 3 is 2.43 bits per heavy atom. The standard InChI is InChI=1S/C18H21NO2/c19-16-6-2-7-17(13-16)20-10-3-11-21-18-9-8-14-4-1-5-15(14)12-18/h2,6-9,12-13H,1,3-5,10-11,19H2. The molecule has 3 nitrogen and oxygen atoms in total. The zero-order valence-electron chi connectivity index (χ0n) is 12.2. The minimum atomic E-state index is 0.633. The Bertz CT molecular complexity index is 610. The molecule has 0 aromatic heterocycles. The Balaban J connectivity index is 1.40. The van der Waals surface area contributed by atoms with Gasteiger partial charge < -0.3 is 15.2 Å². The average molecular weight is 283 g/mol. The third-order valence-electron chi connectivity index (χ3n) is 3.75. The van der Waals surface area contributed by atoms with Gasteiger partial charge >= 0.3 is 0 Å². The van der Waals surface area contributed by atoms with E-state index in [0.29, 0.717) is 13.2 Å². The number of hydrogen-bond donors (Lipinski definition) is 1. The molecule has 0 amide bonds. The van der Waals surface area contributed by atoms with Gasteiger partial charge in [-0.15, -0.1) is 0 Å². The van der Waals surface area contributed by atoms with Crippen molar-refractivity contribution in [1.29, 1.82) is 0 Å². The highest BCUT2D eigenvalue weighted by Crippen LogP contribution is 2.26. The Kier molecular flexibility index (Phi) is 4.29. The van der Waals surface area contributed by atoms with E-state index in [4.69, 9.17) is 15.2 Å². The van der Waals surface area contributed by atoms with Crippen LogP contribution in [0.15, 0.2) is 42.5 Å². The molecule has 21 heavy (non-hydrogen) atoms. The summed E-state index contributed by atoms with van der Waals surface area (Å²) in [6.45, 7) is 1.30. The molecule has 0 radical (unpaired) electrons. The van der Waals surface area contributed by atoms with Gasteiger partial charge in [-0.2, -0.15) is 0 Å². The summed E-state index contributed by atoms with van der Waals surface area (Å²) in [4.78, 5) is 0. The molecule has 0 atom stereocenters. The molecule has 0 heterocycles. The van der Waals surface area contributed by atoms with Crippen LogP contribution >= 0.6 is 0 Å². The van der Waals surface area contributed by atoms with Gasteiger partial charge in [-0.3, -0.25) is 0 Å². The first-order chi connectivity index (χ1) is 10.3. The van der Waals surface area contributed by atoms with Crippen molar-refractivity contribution in [3.63, 3.8) is 0 Å². The van der Waals surface area contributed by atoms with Crippen LogP contribution in [0.2, 0.25) is 0 Å². The van der Waals surface area contributed by atoms with Gasteiger partial charge in [0.25, 0.3) is 0 Å². The molecule has 0 saturated carbocycles. The first kappa shape index (κ1) is 13.8. The molecule has 2 aromatic carbocycles. The second-order valence-corrected chi connectivity index (χ2v) is 5.41. The lowest BCUT2D eigenvalue weighted by molar-refractivity contribution is 0.247. The predicted molar refractivity (Wildman–Crippen MR) is 84.9 cm³/mol. The van der Waals surface area contributed by atoms with E-state index in [-0.39, 0.29) is 0 Å². The van der Waals surface area contributed by atoms with Gasteiger partial charge in [0.1, 0.15) is 11.5 Å². The van der Waals surface area contributed by atoms with Crippen molar-refractivity contribution in [2.24, 2.45) is 0 Å². The van der Waals surface area contributed by atoms with Crippen molar-refractivity contribution in [2.75, 3.05) is 18.9 Å². The first-order valence-electron chi connectivity index (χ1n) is 7.54. The maximum absolute atomic E-state index is 5.79. The zero-order valence-corrected chi connectivity index (χ0v) is 12.2. The highest BCUT2D eigenvalue weighted by atomic mass is 16.5. The average Bonchev–Trinajstić information content (AvgIpc) is 2.94. The second kappa shape index (κ2) is 6.53. The van der Waals surface area contributed by atoms with Crippen molar-refractivity contribution in [3.8, 4) is 11.5 Å². The summed E-state index contributed by atoms with van der Waals surface area (Å²) in [6, 6.07) is 13.9. The Hall–Kier alpha value is -2.16. The van der Waals surface area contributed by atoms with E-state index in [2.05, 4.69) is 18.2 Å². The van der Waals surface area contributed by atoms with E-state index < -0.39 is 0 Å². The first-order valence-corrected chi connectivity index (χ1v) is 7.54. The molecule has 0 aliphatic heterocycles. The smallest absolute Gasteiger partial charge is 0.121 e. The fourth-order valence-corrected chi connectivity index (χ4v) is 2.68. The quantitative estimate of drug-likeness (QED) is 0.650. The summed E-state index contributed by atoms with van der Waals surface area (Å²) in [6.07, 6.45) is 4.52. The molecule has 0 spiro atoms. The molecule has 2 aromatic rings. The van der Waals surface area contributed by atoms with Crippen LogP contribution in [-0.4, -0.2) is 13.2 Å². The Morgan fingerprint density at radius 2 is 1.62 bits per heavy atom. The second-order valence-electron chi connectivity index (χ2n) is 5.41. The lowest BCUT2D eigenvalue weighted by Gasteiger charge is -2.09. The van der Waals surface area contributed by atoms with E-state index in [1.165, 1.54) is 30.4 Å². The number of anilines is 1. The lowest BCUT2D eigenvalue weighted by Crippen LogP contribution is -2.05. The largest absolute Gasteiger partial charge is 0.493 e. The minimum Gasteiger partial charge on any atom is -0.493 e. The Labute approximate surface area is 125 Å². The number of fused-ring (bicyclic) bond motifs is 1. The summed E-state index contributed by atoms with van der Waals surface area (Å²) in [5, 5.41) is 0. The monoisotopic (exact) mass is 283 g/mol. The number of ether oxygens (including phenoxy) is 2. The van der Waals surface area contributed by atoms with Crippen LogP contribution in [0, 0.1) is 0 Å². The minimum absolute atomic E-state index is 0.633. The number of hydrogen-bond acceptors (Lipinski definition) is 3. The van der Waals surface area contributed by atoms with Gasteiger partial charge in [0.15, 0.2) is 0 Å². The van der Waals surface area contributed by atoms with Crippen LogP contribution in [0.1, 0.15) is 24.0 Å². The van der Waals surface area contributed by atoms with Crippen LogP contribution in [0.5, 0.6) is 11.5 Å². The van der Waals surface area contributed by atoms with Crippen molar-refractivity contribution in [1.82, 2.24) is 0 Å². The van der Waals surface area contributed by atoms with E-state index in [0.717, 1.165) is 23.6 Å². The van der Waals surface area contributed by atoms with Crippen LogP contribution in [0.3, 0.4) is 0 Å². The molecule has 0 fully saturated rings. The molecule has 3 heteroatoms. The number of nitrogen functional groups attached to an aromatic ring is 1. The van der Waals surface area contributed by atoms with Crippen LogP contribution in [0.4, 0.5) is 5.69 Å². The van der Waals surface area contributed by atoms with Crippen molar-refractivity contribution >= 4 is 5.69 Å². The summed E-state index contributed by atoms with van der Waals surface area (Å²) in [7, 11) is 0. The number of benzene rings is 2. The van der Waals surface area contributed by atoms with E-state index in [1.54, 1.807) is 0 Å². The van der Waals surface area contributed by atoms with E-state index in [9.17, 15) is 0 Å². The molecular formula is C18H21NO2. The number of aryl methyl sites for hydroxylation is 2. The van der Waals surface area contributed by atoms with Gasteiger partial charge in [0.2, 0.25) is 0 Å². The fraction of sp³-hybridized carbons (Fsp3) is 0.333. The normalized spacial score (nSPS) is 13.0. The van der Waals surface area contributed by atoms with Crippen molar-refractivity contribution in [2.45, 2.75) is 25.7 Å². The SMILES string of the molecule is Nc1cccc(OCCCOc2ccc3c(c2)CCC3)c1. The molecule has 0 bridgehead atoms. The molecular weight excluding hydrogens is 262 g/mol. The third-order valence-corrected chi connectivity index (χ3v) is 3.75. The summed E-state index contributed by atoms with van der Waals surface area (Å²) < 4.78 is 11.4. The molecule has 1 aliphatic rings. The molecule has 110 valence electrons. The van der Waals surface area contributed by atoms with Gasteiger partial charge in [-0.1, -0.05) is 12.1 Å². The van der Waals surface area contributed by atoms with Gasteiger partial charge in [-0.25, -0.2) is 0 Å². The Morgan fingerprint density at radius 1 is 0.857 bits per heavy atom. The van der Waals surface area contributed by atoms with Gasteiger partial charge in [-0.05, 0) is 54.7 Å². The van der Waals surface area contributed by atoms with Crippen molar-refractivity contribution < 1.29 is 9.47 Å². The number of nitrogens with two attached hydrogens (primary N) is 1. The van der Waals surface area contributed by atoms with E-state index >= 15 is 0 Å². The summed E-state index contributed by atoms with van der Waals surface area (Å²) in [5.41, 5.74) is 9.36. The maximum atomic E-state index is 5.79. The maximum Gasteiger partial charge on any atom is 0.121 e. The topological polar surface area (TPSA) is 44.5 Å². The predicted octanol–water partition coefficient (Wildman–Crippen LogP) is 3.61.